The van der Waals surface area contributed by atoms with Gasteiger partial charge in [0.05, 0.1) is 6.10 Å². The number of aliphatic hydroxyl groups excluding tert-OH is 1. The Morgan fingerprint density at radius 3 is 2.27 bits per heavy atom. The van der Waals surface area contributed by atoms with E-state index in [1.807, 2.05) is 0 Å². The van der Waals surface area contributed by atoms with Crippen LogP contribution in [0.25, 0.3) is 0 Å². The van der Waals surface area contributed by atoms with Gasteiger partial charge >= 0.3 is 0 Å². The fraction of sp³-hybridized carbons (Fsp3) is 1.00. The molecule has 15 heavy (non-hydrogen) atoms. The Morgan fingerprint density at radius 1 is 1.20 bits per heavy atom. The van der Waals surface area contributed by atoms with Crippen molar-refractivity contribution in [1.29, 1.82) is 0 Å². The van der Waals surface area contributed by atoms with Crippen LogP contribution >= 0.6 is 0 Å². The molecule has 0 aliphatic carbocycles. The third-order valence-electron chi connectivity index (χ3n) is 2.91. The van der Waals surface area contributed by atoms with Crippen molar-refractivity contribution in [3.63, 3.8) is 0 Å². The van der Waals surface area contributed by atoms with Crippen molar-refractivity contribution in [2.45, 2.75) is 39.2 Å². The highest BCUT2D eigenvalue weighted by Crippen LogP contribution is 2.11. The third kappa shape index (κ3) is 7.77. The van der Waals surface area contributed by atoms with Gasteiger partial charge in [0.2, 0.25) is 0 Å². The first-order chi connectivity index (χ1) is 7.11. The summed E-state index contributed by atoms with van der Waals surface area (Å²) in [6.07, 6.45) is 3.09. The molecule has 0 saturated heterocycles. The first-order valence-corrected chi connectivity index (χ1v) is 6.15. The lowest BCUT2D eigenvalue weighted by atomic mass is 9.96. The van der Waals surface area contributed by atoms with E-state index in [1.54, 1.807) is 0 Å². The van der Waals surface area contributed by atoms with Crippen molar-refractivity contribution in [3.8, 4) is 0 Å². The maximum Gasteiger partial charge on any atom is 0.0692 e. The van der Waals surface area contributed by atoms with Gasteiger partial charge in [0.1, 0.15) is 0 Å². The number of hydrogen-bond donors (Lipinski definition) is 2. The molecule has 0 heterocycles. The van der Waals surface area contributed by atoms with Crippen LogP contribution < -0.4 is 5.32 Å². The Morgan fingerprint density at radius 2 is 1.80 bits per heavy atom. The predicted octanol–water partition coefficient (Wildman–Crippen LogP) is 1.32. The van der Waals surface area contributed by atoms with Gasteiger partial charge in [-0.3, -0.25) is 0 Å². The maximum atomic E-state index is 9.84. The van der Waals surface area contributed by atoms with Crippen LogP contribution in [-0.2, 0) is 0 Å². The van der Waals surface area contributed by atoms with Gasteiger partial charge in [0, 0.05) is 6.54 Å². The van der Waals surface area contributed by atoms with Crippen molar-refractivity contribution < 1.29 is 5.11 Å². The molecule has 0 rings (SSSR count). The minimum Gasteiger partial charge on any atom is -0.392 e. The molecule has 0 radical (unpaired) electrons. The van der Waals surface area contributed by atoms with E-state index in [4.69, 9.17) is 0 Å². The van der Waals surface area contributed by atoms with Crippen LogP contribution in [0.1, 0.15) is 33.1 Å². The molecule has 0 aromatic carbocycles. The Balaban J connectivity index is 3.41. The molecule has 0 fully saturated rings. The highest BCUT2D eigenvalue weighted by molar-refractivity contribution is 4.68. The van der Waals surface area contributed by atoms with Crippen LogP contribution in [0.15, 0.2) is 0 Å². The van der Waals surface area contributed by atoms with Gasteiger partial charge in [-0.25, -0.2) is 0 Å². The van der Waals surface area contributed by atoms with Gasteiger partial charge in [-0.05, 0) is 39.5 Å². The minimum atomic E-state index is -0.181. The van der Waals surface area contributed by atoms with Crippen molar-refractivity contribution in [1.82, 2.24) is 10.2 Å². The Kier molecular flexibility index (Phi) is 9.06. The summed E-state index contributed by atoms with van der Waals surface area (Å²) in [7, 11) is 4.16. The van der Waals surface area contributed by atoms with Crippen molar-refractivity contribution >= 4 is 0 Å². The van der Waals surface area contributed by atoms with Gasteiger partial charge in [-0.1, -0.05) is 26.7 Å². The van der Waals surface area contributed by atoms with E-state index in [9.17, 15) is 5.11 Å². The van der Waals surface area contributed by atoms with E-state index in [1.165, 1.54) is 0 Å². The quantitative estimate of drug-likeness (QED) is 0.571. The SMILES string of the molecule is CCC(CC)C(O)CNCCCN(C)C. The Hall–Kier alpha value is -0.120. The molecule has 0 aliphatic heterocycles. The molecule has 1 atom stereocenters. The standard InChI is InChI=1S/C12H28N2O/c1-5-11(6-2)12(15)10-13-8-7-9-14(3)4/h11-13,15H,5-10H2,1-4H3. The maximum absolute atomic E-state index is 9.84. The number of nitrogens with zero attached hydrogens (tertiary/aromatic N) is 1. The molecule has 2 N–H and O–H groups in total. The molecular formula is C12H28N2O. The summed E-state index contributed by atoms with van der Waals surface area (Å²) in [5, 5.41) is 13.2. The Bertz CT molecular complexity index is 136. The zero-order valence-electron chi connectivity index (χ0n) is 10.8. The Labute approximate surface area is 94.9 Å². The van der Waals surface area contributed by atoms with Crippen LogP contribution in [0.4, 0.5) is 0 Å². The topological polar surface area (TPSA) is 35.5 Å². The monoisotopic (exact) mass is 216 g/mol. The molecule has 0 amide bonds. The van der Waals surface area contributed by atoms with Crippen LogP contribution in [0.3, 0.4) is 0 Å². The molecule has 3 nitrogen and oxygen atoms in total. The number of aliphatic hydroxyl groups is 1. The molecular weight excluding hydrogens is 188 g/mol. The molecule has 1 unspecified atom stereocenters. The predicted molar refractivity (Wildman–Crippen MR) is 66.1 cm³/mol. The fourth-order valence-electron chi connectivity index (χ4n) is 1.77. The average Bonchev–Trinajstić information content (AvgIpc) is 2.18. The van der Waals surface area contributed by atoms with E-state index in [0.29, 0.717) is 5.92 Å². The largest absolute Gasteiger partial charge is 0.392 e. The highest BCUT2D eigenvalue weighted by Gasteiger charge is 2.14. The molecule has 0 aliphatic rings. The van der Waals surface area contributed by atoms with Gasteiger partial charge in [-0.2, -0.15) is 0 Å². The van der Waals surface area contributed by atoms with Gasteiger partial charge in [0.25, 0.3) is 0 Å². The summed E-state index contributed by atoms with van der Waals surface area (Å²) in [4.78, 5) is 2.18. The molecule has 0 bridgehead atoms. The van der Waals surface area contributed by atoms with E-state index in [2.05, 4.69) is 38.2 Å². The molecule has 0 saturated carbocycles. The third-order valence-corrected chi connectivity index (χ3v) is 2.91. The normalized spacial score (nSPS) is 13.8. The summed E-state index contributed by atoms with van der Waals surface area (Å²) in [5.74, 6) is 0.450. The van der Waals surface area contributed by atoms with E-state index in [-0.39, 0.29) is 6.10 Å². The second kappa shape index (κ2) is 9.13. The van der Waals surface area contributed by atoms with Gasteiger partial charge < -0.3 is 15.3 Å². The van der Waals surface area contributed by atoms with E-state index < -0.39 is 0 Å². The van der Waals surface area contributed by atoms with Crippen LogP contribution in [0.5, 0.6) is 0 Å². The van der Waals surface area contributed by atoms with Crippen LogP contribution in [0.2, 0.25) is 0 Å². The summed E-state index contributed by atoms with van der Waals surface area (Å²) >= 11 is 0. The molecule has 92 valence electrons. The van der Waals surface area contributed by atoms with Crippen LogP contribution in [-0.4, -0.2) is 49.8 Å². The summed E-state index contributed by atoms with van der Waals surface area (Å²) in [5.41, 5.74) is 0. The summed E-state index contributed by atoms with van der Waals surface area (Å²) in [6.45, 7) is 7.12. The van der Waals surface area contributed by atoms with Crippen molar-refractivity contribution in [2.24, 2.45) is 5.92 Å². The first-order valence-electron chi connectivity index (χ1n) is 6.15. The zero-order chi connectivity index (χ0) is 11.7. The average molecular weight is 216 g/mol. The number of rotatable bonds is 9. The number of nitrogens with one attached hydrogen (secondary N) is 1. The van der Waals surface area contributed by atoms with E-state index in [0.717, 1.165) is 38.9 Å². The molecule has 0 aromatic rings. The second-order valence-corrected chi connectivity index (χ2v) is 4.50. The van der Waals surface area contributed by atoms with Gasteiger partial charge in [0.15, 0.2) is 0 Å². The first kappa shape index (κ1) is 14.9. The smallest absolute Gasteiger partial charge is 0.0692 e. The summed E-state index contributed by atoms with van der Waals surface area (Å²) < 4.78 is 0. The fourth-order valence-corrected chi connectivity index (χ4v) is 1.77. The van der Waals surface area contributed by atoms with Crippen molar-refractivity contribution in [2.75, 3.05) is 33.7 Å². The lowest BCUT2D eigenvalue weighted by Gasteiger charge is -2.20. The number of hydrogen-bond acceptors (Lipinski definition) is 3. The molecule has 3 heteroatoms. The zero-order valence-corrected chi connectivity index (χ0v) is 10.8. The lowest BCUT2D eigenvalue weighted by Crippen LogP contribution is -2.33. The second-order valence-electron chi connectivity index (χ2n) is 4.50. The highest BCUT2D eigenvalue weighted by atomic mass is 16.3. The van der Waals surface area contributed by atoms with Gasteiger partial charge in [-0.15, -0.1) is 0 Å². The van der Waals surface area contributed by atoms with Crippen molar-refractivity contribution in [3.05, 3.63) is 0 Å². The van der Waals surface area contributed by atoms with Crippen LogP contribution in [0, 0.1) is 5.92 Å². The molecule has 0 spiro atoms. The summed E-state index contributed by atoms with van der Waals surface area (Å²) in [6, 6.07) is 0. The lowest BCUT2D eigenvalue weighted by molar-refractivity contribution is 0.101. The minimum absolute atomic E-state index is 0.181. The molecule has 0 aromatic heterocycles. The van der Waals surface area contributed by atoms with E-state index >= 15 is 0 Å².